The summed E-state index contributed by atoms with van der Waals surface area (Å²) in [7, 11) is -1.14. The average molecular weight is 401 g/mol. The first-order chi connectivity index (χ1) is 12.0. The second-order valence-electron chi connectivity index (χ2n) is 5.04. The Morgan fingerprint density at radius 3 is 2.16 bits per heavy atom. The second-order valence-corrected chi connectivity index (χ2v) is 8.38. The van der Waals surface area contributed by atoms with Gasteiger partial charge in [0.05, 0.1) is 5.92 Å². The molecule has 0 fully saturated rings. The van der Waals surface area contributed by atoms with E-state index in [1.807, 2.05) is 0 Å². The predicted octanol–water partition coefficient (Wildman–Crippen LogP) is 1.01. The average Bonchev–Trinajstić information content (AvgIpc) is 2.68. The van der Waals surface area contributed by atoms with Gasteiger partial charge in [0.15, 0.2) is 20.4 Å². The molecule has 0 amide bonds. The molecule has 2 aliphatic rings. The standard InChI is InChI=1S/C12H10N3O7P3/c16-3-9-1-2-12(8-21,22-25-14-23-13-24-15-25)11(6-19,7-20)10(9,4-17)5-18/h1-9H,(H,13,14,15). The zero-order chi connectivity index (χ0) is 18.6. The molecule has 1 heterocycles. The molecule has 0 bridgehead atoms. The number of aldehydes is 6. The van der Waals surface area contributed by atoms with Crippen LogP contribution < -0.4 is 4.86 Å². The van der Waals surface area contributed by atoms with Gasteiger partial charge in [-0.1, -0.05) is 6.08 Å². The van der Waals surface area contributed by atoms with Crippen LogP contribution >= 0.6 is 25.5 Å². The van der Waals surface area contributed by atoms with Crippen molar-refractivity contribution < 1.29 is 33.3 Å². The van der Waals surface area contributed by atoms with Crippen molar-refractivity contribution in [3.8, 4) is 0 Å². The van der Waals surface area contributed by atoms with Gasteiger partial charge < -0.3 is 28.5 Å². The molecule has 0 spiro atoms. The molecule has 130 valence electrons. The van der Waals surface area contributed by atoms with E-state index < -0.39 is 30.8 Å². The van der Waals surface area contributed by atoms with Gasteiger partial charge in [0.25, 0.3) is 8.45 Å². The molecule has 3 atom stereocenters. The van der Waals surface area contributed by atoms with E-state index in [4.69, 9.17) is 4.52 Å². The Hall–Kier alpha value is -1.69. The zero-order valence-electron chi connectivity index (χ0n) is 12.3. The van der Waals surface area contributed by atoms with E-state index in [1.54, 1.807) is 0 Å². The molecule has 0 aromatic rings. The third kappa shape index (κ3) is 2.71. The van der Waals surface area contributed by atoms with Crippen LogP contribution in [0.25, 0.3) is 0 Å². The first kappa shape index (κ1) is 19.6. The maximum atomic E-state index is 11.9. The van der Waals surface area contributed by atoms with E-state index in [0.29, 0.717) is 17.0 Å². The Morgan fingerprint density at radius 2 is 1.72 bits per heavy atom. The third-order valence-electron chi connectivity index (χ3n) is 4.12. The molecule has 0 aromatic heterocycles. The van der Waals surface area contributed by atoms with Gasteiger partial charge in [-0.15, -0.1) is 0 Å². The topological polar surface area (TPSA) is 148 Å². The van der Waals surface area contributed by atoms with Gasteiger partial charge in [0.1, 0.15) is 50.8 Å². The molecule has 3 unspecified atom stereocenters. The van der Waals surface area contributed by atoms with Crippen LogP contribution in [0.3, 0.4) is 0 Å². The van der Waals surface area contributed by atoms with Gasteiger partial charge in [-0.25, -0.2) is 0 Å². The third-order valence-corrected chi connectivity index (χ3v) is 7.29. The highest BCUT2D eigenvalue weighted by molar-refractivity contribution is 7.63. The minimum atomic E-state index is -2.56. The summed E-state index contributed by atoms with van der Waals surface area (Å²) >= 11 is 0. The second kappa shape index (κ2) is 7.68. The van der Waals surface area contributed by atoms with Crippen LogP contribution in [0.4, 0.5) is 0 Å². The summed E-state index contributed by atoms with van der Waals surface area (Å²) in [5.74, 6) is -1.41. The smallest absolute Gasteiger partial charge is 0.251 e. The van der Waals surface area contributed by atoms with Crippen LogP contribution in [-0.2, 0) is 33.3 Å². The van der Waals surface area contributed by atoms with Crippen molar-refractivity contribution in [1.29, 1.82) is 0 Å². The highest BCUT2D eigenvalue weighted by Gasteiger charge is 2.70. The van der Waals surface area contributed by atoms with Crippen LogP contribution in [0, 0.1) is 16.7 Å². The summed E-state index contributed by atoms with van der Waals surface area (Å²) in [6, 6.07) is 0. The number of allylic oxidation sites excluding steroid dienone is 1. The molecule has 0 saturated heterocycles. The molecule has 0 radical (unpaired) electrons. The van der Waals surface area contributed by atoms with E-state index >= 15 is 0 Å². The number of carbonyl (C=O) groups is 6. The molecule has 2 rings (SSSR count). The van der Waals surface area contributed by atoms with Crippen molar-refractivity contribution in [1.82, 2.24) is 4.86 Å². The molecule has 0 saturated carbocycles. The summed E-state index contributed by atoms with van der Waals surface area (Å²) in [5, 5.41) is 0. The van der Waals surface area contributed by atoms with Crippen LogP contribution in [0.2, 0.25) is 0 Å². The lowest BCUT2D eigenvalue weighted by Crippen LogP contribution is -2.67. The van der Waals surface area contributed by atoms with Crippen molar-refractivity contribution in [2.24, 2.45) is 25.8 Å². The molecule has 25 heavy (non-hydrogen) atoms. The predicted molar refractivity (Wildman–Crippen MR) is 86.4 cm³/mol. The van der Waals surface area contributed by atoms with E-state index in [1.165, 1.54) is 0 Å². The molecule has 10 nitrogen and oxygen atoms in total. The highest BCUT2D eigenvalue weighted by atomic mass is 31.2. The maximum Gasteiger partial charge on any atom is 0.251 e. The Morgan fingerprint density at radius 1 is 1.04 bits per heavy atom. The summed E-state index contributed by atoms with van der Waals surface area (Å²) in [6.45, 7) is 0. The molecular weight excluding hydrogens is 391 g/mol. The van der Waals surface area contributed by atoms with Crippen LogP contribution in [0.5, 0.6) is 0 Å². The minimum Gasteiger partial charge on any atom is -0.305 e. The first-order valence-electron chi connectivity index (χ1n) is 6.57. The Kier molecular flexibility index (Phi) is 6.03. The Labute approximate surface area is 145 Å². The van der Waals surface area contributed by atoms with Gasteiger partial charge in [-0.2, -0.15) is 13.9 Å². The number of nitrogens with one attached hydrogen (secondary N) is 1. The number of hydrogen-bond donors (Lipinski definition) is 1. The summed E-state index contributed by atoms with van der Waals surface area (Å²) in [5.41, 5.74) is -7.27. The maximum absolute atomic E-state index is 11.9. The van der Waals surface area contributed by atoms with Crippen LogP contribution in [-0.4, -0.2) is 43.3 Å². The number of carbonyl (C=O) groups excluding carboxylic acids is 6. The highest BCUT2D eigenvalue weighted by Crippen LogP contribution is 2.57. The number of hydrogen-bond acceptors (Lipinski definition) is 10. The first-order valence-corrected chi connectivity index (χ1v) is 9.43. The van der Waals surface area contributed by atoms with Crippen molar-refractivity contribution in [2.45, 2.75) is 5.60 Å². The van der Waals surface area contributed by atoms with Gasteiger partial charge in [0, 0.05) is 0 Å². The van der Waals surface area contributed by atoms with Crippen LogP contribution in [0.1, 0.15) is 0 Å². The largest absolute Gasteiger partial charge is 0.305 e. The zero-order valence-corrected chi connectivity index (χ0v) is 15.0. The Bertz CT molecular complexity index is 694. The number of rotatable bonds is 8. The quantitative estimate of drug-likeness (QED) is 0.274. The molecule has 1 N–H and O–H groups in total. The fourth-order valence-corrected chi connectivity index (χ4v) is 5.82. The van der Waals surface area contributed by atoms with Crippen LogP contribution in [0.15, 0.2) is 21.2 Å². The van der Waals surface area contributed by atoms with E-state index in [0.717, 1.165) is 12.2 Å². The Balaban J connectivity index is 2.72. The van der Waals surface area contributed by atoms with Gasteiger partial charge in [-0.3, -0.25) is 4.79 Å². The summed E-state index contributed by atoms with van der Waals surface area (Å²) in [6.07, 6.45) is 2.57. The van der Waals surface area contributed by atoms with Crippen molar-refractivity contribution in [3.63, 3.8) is 0 Å². The van der Waals surface area contributed by atoms with Gasteiger partial charge >= 0.3 is 0 Å². The normalized spacial score (nSPS) is 33.0. The molecule has 13 heteroatoms. The van der Waals surface area contributed by atoms with Gasteiger partial charge in [0.2, 0.25) is 0 Å². The van der Waals surface area contributed by atoms with E-state index in [-0.39, 0.29) is 37.7 Å². The summed E-state index contributed by atoms with van der Waals surface area (Å²) in [4.78, 5) is 73.3. The van der Waals surface area contributed by atoms with E-state index in [2.05, 4.69) is 13.9 Å². The van der Waals surface area contributed by atoms with Crippen molar-refractivity contribution in [2.75, 3.05) is 0 Å². The lowest BCUT2D eigenvalue weighted by atomic mass is 9.50. The van der Waals surface area contributed by atoms with Crippen molar-refractivity contribution in [3.05, 3.63) is 12.2 Å². The minimum absolute atomic E-state index is 0.00369. The van der Waals surface area contributed by atoms with Gasteiger partial charge in [-0.05, 0) is 6.08 Å². The SMILES string of the molecule is O=CC1C=CC(C=O)(OP2N=PN=PN2)C(C=O)(C=O)C1(C=O)C=O. The molecule has 0 aromatic carbocycles. The van der Waals surface area contributed by atoms with Crippen molar-refractivity contribution >= 4 is 63.2 Å². The van der Waals surface area contributed by atoms with E-state index in [9.17, 15) is 28.8 Å². The number of nitrogens with zero attached hydrogens (tertiary/aromatic N) is 2. The molecular formula is C12H10N3O7P3. The molecule has 1 aliphatic heterocycles. The lowest BCUT2D eigenvalue weighted by molar-refractivity contribution is -0.169. The lowest BCUT2D eigenvalue weighted by Gasteiger charge is -2.50. The summed E-state index contributed by atoms with van der Waals surface area (Å²) < 4.78 is 13.4. The monoisotopic (exact) mass is 401 g/mol. The fraction of sp³-hybridized carbons (Fsp3) is 0.333. The molecule has 1 aliphatic carbocycles. The fourth-order valence-electron chi connectivity index (χ4n) is 2.71.